The summed E-state index contributed by atoms with van der Waals surface area (Å²) in [6.45, 7) is -3.95. The van der Waals surface area contributed by atoms with Gasteiger partial charge in [0, 0.05) is 40.5 Å². The van der Waals surface area contributed by atoms with E-state index in [4.69, 9.17) is 61.6 Å². The van der Waals surface area contributed by atoms with Crippen LogP contribution in [0.5, 0.6) is 0 Å². The predicted octanol–water partition coefficient (Wildman–Crippen LogP) is -17.3. The highest BCUT2D eigenvalue weighted by Gasteiger charge is 2.63. The summed E-state index contributed by atoms with van der Waals surface area (Å²) < 4.78 is 74.2. The Morgan fingerprint density at radius 2 is 0.804 bits per heavy atom. The number of aliphatic carboxylic acids is 2. The van der Waals surface area contributed by atoms with Gasteiger partial charge < -0.3 is 200 Å². The third-order valence-electron chi connectivity index (χ3n) is 18.1. The van der Waals surface area contributed by atoms with E-state index >= 15 is 0 Å². The largest absolute Gasteiger partial charge is 0.477 e. The average Bonchev–Trinajstić information content (AvgIpc) is 0.762. The minimum absolute atomic E-state index is 0.807. The molecular weight excluding hydrogens is 1400 g/mol. The molecule has 102 heavy (non-hydrogen) atoms. The Morgan fingerprint density at radius 1 is 0.412 bits per heavy atom. The molecule has 46 nitrogen and oxygen atoms in total. The monoisotopic (exact) mass is 1490 g/mol. The van der Waals surface area contributed by atoms with Crippen molar-refractivity contribution in [3.8, 4) is 0 Å². The Labute approximate surface area is 576 Å². The zero-order valence-electron chi connectivity index (χ0n) is 54.6. The van der Waals surface area contributed by atoms with Gasteiger partial charge in [0.25, 0.3) is 11.6 Å². The maximum atomic E-state index is 13.1. The Morgan fingerprint density at radius 3 is 1.26 bits per heavy atom. The number of carbonyl (C=O) groups is 6. The van der Waals surface area contributed by atoms with Crippen LogP contribution in [0.25, 0.3) is 0 Å². The van der Waals surface area contributed by atoms with Crippen molar-refractivity contribution in [3.63, 3.8) is 0 Å². The normalized spacial score (nSPS) is 44.6. The maximum Gasteiger partial charge on any atom is 0.364 e. The molecule has 37 atom stereocenters. The molecule has 7 aliphatic heterocycles. The van der Waals surface area contributed by atoms with E-state index in [1.54, 1.807) is 0 Å². The Kier molecular flexibility index (Phi) is 29.8. The van der Waals surface area contributed by atoms with Crippen LogP contribution in [-0.4, -0.2) is 425 Å². The van der Waals surface area contributed by atoms with Crippen LogP contribution >= 0.6 is 0 Å². The topological polar surface area (TPSA) is 736 Å². The Hall–Kier alpha value is -4.54. The molecule has 0 aromatic carbocycles. The van der Waals surface area contributed by atoms with Gasteiger partial charge in [0.2, 0.25) is 23.6 Å². The number of hydrogen-bond acceptors (Lipinski definition) is 40. The predicted molar refractivity (Wildman–Crippen MR) is 313 cm³/mol. The molecule has 0 aromatic rings. The second kappa shape index (κ2) is 35.9. The number of hydrogen-bond donors (Lipinski definition) is 27. The van der Waals surface area contributed by atoms with Crippen molar-refractivity contribution in [1.29, 1.82) is 0 Å². The maximum absolute atomic E-state index is 13.1. The summed E-state index contributed by atoms with van der Waals surface area (Å²) in [5, 5.41) is 259. The first-order valence-electron chi connectivity index (χ1n) is 31.9. The van der Waals surface area contributed by atoms with Crippen LogP contribution in [-0.2, 0) is 90.3 Å². The summed E-state index contributed by atoms with van der Waals surface area (Å²) in [5.41, 5.74) is 0. The average molecular weight is 1490 g/mol. The van der Waals surface area contributed by atoms with Crippen LogP contribution in [0.2, 0.25) is 0 Å². The van der Waals surface area contributed by atoms with Crippen molar-refractivity contribution in [1.82, 2.24) is 21.3 Å². The first-order chi connectivity index (χ1) is 47.8. The molecule has 7 aliphatic rings. The fraction of sp³-hybridized carbons (Fsp3) is 0.893. The fourth-order valence-electron chi connectivity index (χ4n) is 12.8. The second-order valence-corrected chi connectivity index (χ2v) is 25.4. The molecule has 7 heterocycles. The lowest BCUT2D eigenvalue weighted by atomic mass is 9.88. The van der Waals surface area contributed by atoms with Crippen LogP contribution < -0.4 is 21.3 Å². The molecular formula is C56H92N4O42. The lowest BCUT2D eigenvalue weighted by Gasteiger charge is -2.51. The van der Waals surface area contributed by atoms with Crippen LogP contribution in [0.3, 0.4) is 0 Å². The molecule has 1 unspecified atom stereocenters. The SMILES string of the molecule is CC(=O)N[C@H]1[C@H](OC[C@H]2OC(O)[C@@H](O[C@@H]3O[C@H](CO)[C@@H](O[C@@H]4O[C@H](CO)[C@H](O)[C@H](O[C@]5(C(=O)O)C[C@H](O)[C@@H](NC(C)=O)[C@H]([C@H](O)[C@H](O)CO)O5)[C@H]4O)[C@H](O)[C@H]3NC(C)=O)[C@@H](O)[C@@H]2O)O[C@H](CO)[C@@H](O[C@@H]2O[C@H](CO[C@]3(C(=O)O)C[C@H](O)[C@@H](NC(C)=O)[C@H]([C@H](O)[C@H](O)CO)O3)[C@H](O)[C@H](O)[C@H]2O)[C@@H]1O. The summed E-state index contributed by atoms with van der Waals surface area (Å²) in [7, 11) is 0. The number of rotatable bonds is 29. The summed E-state index contributed by atoms with van der Waals surface area (Å²) in [4.78, 5) is 75.3. The lowest BCUT2D eigenvalue weighted by Crippen LogP contribution is -2.71. The molecule has 0 bridgehead atoms. The van der Waals surface area contributed by atoms with Gasteiger partial charge in [0.15, 0.2) is 31.5 Å². The van der Waals surface area contributed by atoms with E-state index in [1.807, 2.05) is 0 Å². The minimum atomic E-state index is -3.23. The quantitative estimate of drug-likeness (QED) is 0.0331. The van der Waals surface area contributed by atoms with E-state index in [0.29, 0.717) is 0 Å². The molecule has 7 saturated heterocycles. The summed E-state index contributed by atoms with van der Waals surface area (Å²) in [5.74, 6) is -13.8. The van der Waals surface area contributed by atoms with Crippen molar-refractivity contribution in [2.24, 2.45) is 0 Å². The highest BCUT2D eigenvalue weighted by molar-refractivity contribution is 5.78. The molecule has 0 aliphatic carbocycles. The number of aliphatic hydroxyl groups excluding tert-OH is 21. The number of amides is 4. The number of carbonyl (C=O) groups excluding carboxylic acids is 4. The second-order valence-electron chi connectivity index (χ2n) is 25.4. The summed E-state index contributed by atoms with van der Waals surface area (Å²) in [6, 6.07) is -7.01. The highest BCUT2D eigenvalue weighted by Crippen LogP contribution is 2.41. The van der Waals surface area contributed by atoms with Crippen LogP contribution in [0.4, 0.5) is 0 Å². The molecule has 46 heteroatoms. The Bertz CT molecular complexity index is 2780. The van der Waals surface area contributed by atoms with Crippen molar-refractivity contribution in [2.45, 2.75) is 266 Å². The smallest absolute Gasteiger partial charge is 0.364 e. The van der Waals surface area contributed by atoms with Gasteiger partial charge in [-0.05, 0) is 0 Å². The summed E-state index contributed by atoms with van der Waals surface area (Å²) in [6.07, 6.45) is -67.6. The molecule has 7 rings (SSSR count). The van der Waals surface area contributed by atoms with E-state index in [2.05, 4.69) is 21.3 Å². The van der Waals surface area contributed by atoms with Crippen molar-refractivity contribution in [3.05, 3.63) is 0 Å². The van der Waals surface area contributed by atoms with Gasteiger partial charge in [-0.15, -0.1) is 0 Å². The van der Waals surface area contributed by atoms with Gasteiger partial charge in [0.05, 0.1) is 70.5 Å². The zero-order valence-corrected chi connectivity index (χ0v) is 54.6. The molecule has 0 spiro atoms. The number of carboxylic acid groups (broad SMARTS) is 2. The van der Waals surface area contributed by atoms with Gasteiger partial charge in [-0.3, -0.25) is 19.2 Å². The molecule has 588 valence electrons. The van der Waals surface area contributed by atoms with Crippen LogP contribution in [0, 0.1) is 0 Å². The number of aliphatic hydroxyl groups is 21. The van der Waals surface area contributed by atoms with E-state index in [9.17, 15) is 146 Å². The first kappa shape index (κ1) is 84.7. The third-order valence-corrected chi connectivity index (χ3v) is 18.1. The molecule has 0 radical (unpaired) electrons. The third kappa shape index (κ3) is 18.7. The zero-order chi connectivity index (χ0) is 76.1. The fourth-order valence-corrected chi connectivity index (χ4v) is 12.8. The van der Waals surface area contributed by atoms with Gasteiger partial charge in [-0.25, -0.2) is 9.59 Å². The van der Waals surface area contributed by atoms with Crippen molar-refractivity contribution >= 4 is 35.6 Å². The van der Waals surface area contributed by atoms with E-state index in [-0.39, 0.29) is 0 Å². The standard InChI is InChI=1S/C56H92N4O42/c1-14(66)57-27-18(70)5-55(53(86)87,100-44(27)31(74)20(72)7-61)91-13-26-33(76)38(81)40(83)51(96-26)97-42-23(10-64)94-49(29(36(42)79)59-16(3)68)90-12-25-34(77)39(82)47(48(85)92-25)99-50-30(60-17(4)69)37(80)43(24(11-65)95-50)98-52-41(84)46(35(78)22(9-63)93-52)102-56(54(88)89)6-19(71)28(58-15(2)67)45(101-56)32(75)21(73)8-62/h18-52,61-65,70-85H,5-13H2,1-4H3,(H,57,66)(H,58,67)(H,59,68)(H,60,69)(H,86,87)(H,88,89)/t18-,19-,20+,21+,22+,23+,24+,25+,26+,27+,28+,29+,30+,31+,32+,33-,34+,35-,36+,37+,38-,39-,40+,41+,42+,43+,44+,45+,46-,47-,48?,49+,50-,51-,52-,55+,56-/m0/s1. The van der Waals surface area contributed by atoms with Gasteiger partial charge in [-0.1, -0.05) is 0 Å². The molecule has 27 N–H and O–H groups in total. The van der Waals surface area contributed by atoms with E-state index < -0.39 is 321 Å². The van der Waals surface area contributed by atoms with Gasteiger partial charge in [-0.2, -0.15) is 0 Å². The Balaban J connectivity index is 1.02. The van der Waals surface area contributed by atoms with E-state index in [1.165, 1.54) is 0 Å². The molecule has 4 amide bonds. The number of ether oxygens (including phenoxy) is 13. The first-order valence-corrected chi connectivity index (χ1v) is 31.9. The van der Waals surface area contributed by atoms with Crippen LogP contribution in [0.15, 0.2) is 0 Å². The van der Waals surface area contributed by atoms with Crippen LogP contribution in [0.1, 0.15) is 40.5 Å². The lowest BCUT2D eigenvalue weighted by molar-refractivity contribution is -0.388. The number of nitrogens with one attached hydrogen (secondary N) is 4. The molecule has 7 fully saturated rings. The van der Waals surface area contributed by atoms with Crippen molar-refractivity contribution < 1.29 is 208 Å². The molecule has 0 aromatic heterocycles. The number of carboxylic acids is 2. The minimum Gasteiger partial charge on any atom is -0.477 e. The van der Waals surface area contributed by atoms with Crippen molar-refractivity contribution in [2.75, 3.05) is 46.2 Å². The van der Waals surface area contributed by atoms with Gasteiger partial charge in [0.1, 0.15) is 159 Å². The molecule has 0 saturated carbocycles. The summed E-state index contributed by atoms with van der Waals surface area (Å²) >= 11 is 0. The van der Waals surface area contributed by atoms with E-state index in [0.717, 1.165) is 27.7 Å². The van der Waals surface area contributed by atoms with Gasteiger partial charge >= 0.3 is 11.9 Å². The highest BCUT2D eigenvalue weighted by atomic mass is 16.8.